The van der Waals surface area contributed by atoms with Gasteiger partial charge in [0, 0.05) is 13.0 Å². The molecule has 1 saturated carbocycles. The van der Waals surface area contributed by atoms with Crippen molar-refractivity contribution >= 4 is 10.0 Å². The zero-order valence-corrected chi connectivity index (χ0v) is 9.36. The van der Waals surface area contributed by atoms with Crippen molar-refractivity contribution in [3.05, 3.63) is 0 Å². The van der Waals surface area contributed by atoms with Crippen LogP contribution >= 0.6 is 0 Å². The van der Waals surface area contributed by atoms with E-state index in [-0.39, 0.29) is 5.25 Å². The topological polar surface area (TPSA) is 46.2 Å². The van der Waals surface area contributed by atoms with Crippen LogP contribution in [0, 0.1) is 11.8 Å². The summed E-state index contributed by atoms with van der Waals surface area (Å²) in [6, 6.07) is 0. The van der Waals surface area contributed by atoms with Crippen LogP contribution in [0.15, 0.2) is 0 Å². The summed E-state index contributed by atoms with van der Waals surface area (Å²) in [7, 11) is -3.06. The molecule has 0 aromatic carbocycles. The first-order valence-electron chi connectivity index (χ1n) is 5.05. The second-order valence-electron chi connectivity index (χ2n) is 3.52. The second-order valence-corrected chi connectivity index (χ2v) is 5.57. The lowest BCUT2D eigenvalue weighted by Gasteiger charge is -2.10. The van der Waals surface area contributed by atoms with Crippen LogP contribution in [0.5, 0.6) is 0 Å². The highest BCUT2D eigenvalue weighted by Gasteiger charge is 2.27. The fraction of sp³-hybridized carbons (Fsp3) is 0.800. The van der Waals surface area contributed by atoms with Gasteiger partial charge in [-0.15, -0.1) is 11.8 Å². The predicted octanol–water partition coefficient (Wildman–Crippen LogP) is 1.26. The molecule has 4 heteroatoms. The molecule has 0 bridgehead atoms. The van der Waals surface area contributed by atoms with Gasteiger partial charge in [-0.1, -0.05) is 12.8 Å². The molecule has 3 nitrogen and oxygen atoms in total. The summed E-state index contributed by atoms with van der Waals surface area (Å²) in [6.07, 6.45) is 4.31. The van der Waals surface area contributed by atoms with E-state index in [4.69, 9.17) is 0 Å². The minimum atomic E-state index is -3.06. The van der Waals surface area contributed by atoms with Gasteiger partial charge in [-0.2, -0.15) is 0 Å². The Morgan fingerprint density at radius 3 is 2.57 bits per heavy atom. The van der Waals surface area contributed by atoms with E-state index in [0.29, 0.717) is 13.0 Å². The minimum Gasteiger partial charge on any atom is -0.214 e. The summed E-state index contributed by atoms with van der Waals surface area (Å²) in [5.74, 6) is 5.57. The van der Waals surface area contributed by atoms with Gasteiger partial charge in [-0.05, 0) is 19.8 Å². The molecule has 0 unspecified atom stereocenters. The molecule has 1 N–H and O–H groups in total. The molecule has 1 aliphatic carbocycles. The van der Waals surface area contributed by atoms with Crippen molar-refractivity contribution in [3.63, 3.8) is 0 Å². The van der Waals surface area contributed by atoms with E-state index >= 15 is 0 Å². The van der Waals surface area contributed by atoms with Crippen LogP contribution in [-0.4, -0.2) is 20.2 Å². The highest BCUT2D eigenvalue weighted by atomic mass is 32.2. The van der Waals surface area contributed by atoms with Crippen LogP contribution in [-0.2, 0) is 10.0 Å². The Labute approximate surface area is 86.3 Å². The normalized spacial score (nSPS) is 17.8. The molecule has 0 heterocycles. The lowest BCUT2D eigenvalue weighted by Crippen LogP contribution is -2.33. The molecular formula is C10H17NO2S. The Morgan fingerprint density at radius 2 is 2.00 bits per heavy atom. The molecule has 0 saturated heterocycles. The van der Waals surface area contributed by atoms with Crippen LogP contribution in [0.4, 0.5) is 0 Å². The molecule has 1 fully saturated rings. The van der Waals surface area contributed by atoms with Crippen LogP contribution < -0.4 is 4.72 Å². The molecule has 0 aromatic heterocycles. The molecule has 0 amide bonds. The fourth-order valence-corrected chi connectivity index (χ4v) is 3.27. The molecule has 0 aliphatic heterocycles. The second kappa shape index (κ2) is 5.38. The lowest BCUT2D eigenvalue weighted by atomic mass is 10.4. The van der Waals surface area contributed by atoms with Crippen LogP contribution in [0.25, 0.3) is 0 Å². The average molecular weight is 215 g/mol. The average Bonchev–Trinajstić information content (AvgIpc) is 2.65. The van der Waals surface area contributed by atoms with Gasteiger partial charge in [0.25, 0.3) is 0 Å². The standard InChI is InChI=1S/C10H17NO2S/c1-2-3-6-9-11-14(12,13)10-7-4-5-8-10/h10-11H,4-9H2,1H3. The maximum Gasteiger partial charge on any atom is 0.214 e. The molecule has 80 valence electrons. The van der Waals surface area contributed by atoms with Gasteiger partial charge >= 0.3 is 0 Å². The van der Waals surface area contributed by atoms with Crippen molar-refractivity contribution in [1.82, 2.24) is 4.72 Å². The van der Waals surface area contributed by atoms with Crippen molar-refractivity contribution < 1.29 is 8.42 Å². The first kappa shape index (κ1) is 11.5. The van der Waals surface area contributed by atoms with E-state index in [1.165, 1.54) is 0 Å². The summed E-state index contributed by atoms with van der Waals surface area (Å²) < 4.78 is 25.9. The molecule has 0 radical (unpaired) electrons. The fourth-order valence-electron chi connectivity index (χ4n) is 1.70. The van der Waals surface area contributed by atoms with Gasteiger partial charge in [0.1, 0.15) is 0 Å². The summed E-state index contributed by atoms with van der Waals surface area (Å²) in [5, 5.41) is -0.155. The smallest absolute Gasteiger partial charge is 0.214 e. The van der Waals surface area contributed by atoms with Gasteiger partial charge in [0.15, 0.2) is 0 Å². The molecule has 0 spiro atoms. The third kappa shape index (κ3) is 3.32. The summed E-state index contributed by atoms with van der Waals surface area (Å²) in [5.41, 5.74) is 0. The Kier molecular flexibility index (Phi) is 4.43. The molecule has 14 heavy (non-hydrogen) atoms. The number of sulfonamides is 1. The number of nitrogens with one attached hydrogen (secondary N) is 1. The predicted molar refractivity (Wildman–Crippen MR) is 57.2 cm³/mol. The summed E-state index contributed by atoms with van der Waals surface area (Å²) >= 11 is 0. The first-order chi connectivity index (χ1) is 6.67. The summed E-state index contributed by atoms with van der Waals surface area (Å²) in [4.78, 5) is 0. The number of hydrogen-bond acceptors (Lipinski definition) is 2. The van der Waals surface area contributed by atoms with E-state index in [1.807, 2.05) is 0 Å². The molecule has 0 aromatic rings. The zero-order chi connectivity index (χ0) is 10.4. The third-order valence-electron chi connectivity index (χ3n) is 2.47. The van der Waals surface area contributed by atoms with Gasteiger partial charge in [0.2, 0.25) is 10.0 Å². The molecular weight excluding hydrogens is 198 g/mol. The Balaban J connectivity index is 2.36. The Bertz CT molecular complexity index is 318. The van der Waals surface area contributed by atoms with Crippen LogP contribution in [0.3, 0.4) is 0 Å². The first-order valence-corrected chi connectivity index (χ1v) is 6.59. The van der Waals surface area contributed by atoms with Crippen LogP contribution in [0.1, 0.15) is 39.0 Å². The SMILES string of the molecule is CC#CCCNS(=O)(=O)C1CCCC1. The minimum absolute atomic E-state index is 0.155. The van der Waals surface area contributed by atoms with E-state index in [9.17, 15) is 8.42 Å². The lowest BCUT2D eigenvalue weighted by molar-refractivity contribution is 0.565. The largest absolute Gasteiger partial charge is 0.214 e. The highest BCUT2D eigenvalue weighted by Crippen LogP contribution is 2.23. The third-order valence-corrected chi connectivity index (χ3v) is 4.43. The van der Waals surface area contributed by atoms with E-state index in [2.05, 4.69) is 16.6 Å². The van der Waals surface area contributed by atoms with Gasteiger partial charge < -0.3 is 0 Å². The van der Waals surface area contributed by atoms with E-state index in [1.54, 1.807) is 6.92 Å². The zero-order valence-electron chi connectivity index (χ0n) is 8.54. The van der Waals surface area contributed by atoms with Crippen molar-refractivity contribution in [2.75, 3.05) is 6.54 Å². The molecule has 0 atom stereocenters. The maximum absolute atomic E-state index is 11.6. The quantitative estimate of drug-likeness (QED) is 0.567. The van der Waals surface area contributed by atoms with Crippen molar-refractivity contribution in [3.8, 4) is 11.8 Å². The van der Waals surface area contributed by atoms with Crippen LogP contribution in [0.2, 0.25) is 0 Å². The Morgan fingerprint density at radius 1 is 1.36 bits per heavy atom. The van der Waals surface area contributed by atoms with Gasteiger partial charge in [-0.25, -0.2) is 13.1 Å². The number of hydrogen-bond donors (Lipinski definition) is 1. The van der Waals surface area contributed by atoms with Crippen molar-refractivity contribution in [2.24, 2.45) is 0 Å². The van der Waals surface area contributed by atoms with Gasteiger partial charge in [0.05, 0.1) is 5.25 Å². The van der Waals surface area contributed by atoms with E-state index in [0.717, 1.165) is 25.7 Å². The summed E-state index contributed by atoms with van der Waals surface area (Å²) in [6.45, 7) is 2.20. The van der Waals surface area contributed by atoms with Crippen molar-refractivity contribution in [2.45, 2.75) is 44.3 Å². The molecule has 1 aliphatic rings. The van der Waals surface area contributed by atoms with Crippen molar-refractivity contribution in [1.29, 1.82) is 0 Å². The maximum atomic E-state index is 11.6. The number of rotatable bonds is 4. The monoisotopic (exact) mass is 215 g/mol. The van der Waals surface area contributed by atoms with E-state index < -0.39 is 10.0 Å². The highest BCUT2D eigenvalue weighted by molar-refractivity contribution is 7.90. The van der Waals surface area contributed by atoms with Gasteiger partial charge in [-0.3, -0.25) is 0 Å². The Hall–Kier alpha value is -0.530. The molecule has 1 rings (SSSR count).